The number of thioether (sulfide) groups is 1. The van der Waals surface area contributed by atoms with Gasteiger partial charge in [-0.3, -0.25) is 4.79 Å². The van der Waals surface area contributed by atoms with Gasteiger partial charge in [-0.15, -0.1) is 11.8 Å². The third kappa shape index (κ3) is 4.76. The van der Waals surface area contributed by atoms with Gasteiger partial charge in [-0.2, -0.15) is 0 Å². The molecule has 2 rings (SSSR count). The van der Waals surface area contributed by atoms with Gasteiger partial charge >= 0.3 is 5.97 Å². The fourth-order valence-electron chi connectivity index (χ4n) is 2.67. The zero-order chi connectivity index (χ0) is 17.7. The molecule has 132 valence electrons. The summed E-state index contributed by atoms with van der Waals surface area (Å²) in [5, 5.41) is -0.117. The van der Waals surface area contributed by atoms with Gasteiger partial charge in [0.05, 0.1) is 6.61 Å². The fraction of sp³-hybridized carbons (Fsp3) is 0.579. The van der Waals surface area contributed by atoms with E-state index in [0.29, 0.717) is 18.8 Å². The third-order valence-corrected chi connectivity index (χ3v) is 5.11. The average molecular weight is 349 g/mol. The molecule has 1 fully saturated rings. The predicted molar refractivity (Wildman–Crippen MR) is 97.5 cm³/mol. The Bertz CT molecular complexity index is 559. The maximum absolute atomic E-state index is 12.8. The van der Waals surface area contributed by atoms with E-state index in [0.717, 1.165) is 5.56 Å². The number of esters is 1. The molecule has 4 nitrogen and oxygen atoms in total. The van der Waals surface area contributed by atoms with Crippen LogP contribution in [0.2, 0.25) is 0 Å². The van der Waals surface area contributed by atoms with Crippen molar-refractivity contribution in [1.82, 2.24) is 4.90 Å². The second-order valence-electron chi connectivity index (χ2n) is 7.04. The molecule has 0 radical (unpaired) electrons. The SMILES string of the molecule is CC(C)COC(=O)[C@H]1CS[C@H](c2ccccc2)N1C(=O)CC(C)C. The molecule has 0 saturated carbocycles. The van der Waals surface area contributed by atoms with Crippen molar-refractivity contribution < 1.29 is 14.3 Å². The number of benzene rings is 1. The molecule has 0 aromatic heterocycles. The molecule has 1 aromatic rings. The van der Waals surface area contributed by atoms with Crippen LogP contribution in [0.25, 0.3) is 0 Å². The number of hydrogen-bond acceptors (Lipinski definition) is 4. The van der Waals surface area contributed by atoms with Gasteiger partial charge in [-0.05, 0) is 17.4 Å². The van der Waals surface area contributed by atoms with E-state index in [1.165, 1.54) is 0 Å². The van der Waals surface area contributed by atoms with Gasteiger partial charge in [0.2, 0.25) is 5.91 Å². The molecule has 1 amide bonds. The first kappa shape index (κ1) is 18.8. The van der Waals surface area contributed by atoms with E-state index in [1.807, 2.05) is 58.0 Å². The Morgan fingerprint density at radius 2 is 1.83 bits per heavy atom. The monoisotopic (exact) mass is 349 g/mol. The molecular weight excluding hydrogens is 322 g/mol. The minimum absolute atomic E-state index is 0.0235. The molecule has 1 aromatic carbocycles. The Labute approximate surface area is 148 Å². The molecule has 2 atom stereocenters. The van der Waals surface area contributed by atoms with E-state index >= 15 is 0 Å². The van der Waals surface area contributed by atoms with Crippen molar-refractivity contribution in [2.45, 2.75) is 45.5 Å². The summed E-state index contributed by atoms with van der Waals surface area (Å²) in [4.78, 5) is 27.0. The van der Waals surface area contributed by atoms with Crippen molar-refractivity contribution >= 4 is 23.6 Å². The lowest BCUT2D eigenvalue weighted by molar-refractivity contribution is -0.155. The van der Waals surface area contributed by atoms with Crippen LogP contribution in [0, 0.1) is 11.8 Å². The number of hydrogen-bond donors (Lipinski definition) is 0. The Balaban J connectivity index is 2.20. The molecule has 1 aliphatic heterocycles. The normalized spacial score (nSPS) is 20.7. The number of rotatable bonds is 6. The van der Waals surface area contributed by atoms with E-state index in [-0.39, 0.29) is 29.1 Å². The molecule has 0 aliphatic carbocycles. The van der Waals surface area contributed by atoms with Crippen LogP contribution in [0.15, 0.2) is 30.3 Å². The minimum atomic E-state index is -0.495. The van der Waals surface area contributed by atoms with Crippen molar-refractivity contribution in [2.24, 2.45) is 11.8 Å². The zero-order valence-electron chi connectivity index (χ0n) is 14.9. The molecule has 1 heterocycles. The summed E-state index contributed by atoms with van der Waals surface area (Å²) in [6.45, 7) is 8.44. The fourth-order valence-corrected chi connectivity index (χ4v) is 4.10. The number of carbonyl (C=O) groups excluding carboxylic acids is 2. The molecule has 1 saturated heterocycles. The molecule has 1 aliphatic rings. The highest BCUT2D eigenvalue weighted by Gasteiger charge is 2.43. The van der Waals surface area contributed by atoms with E-state index in [2.05, 4.69) is 0 Å². The van der Waals surface area contributed by atoms with E-state index in [9.17, 15) is 9.59 Å². The minimum Gasteiger partial charge on any atom is -0.464 e. The maximum atomic E-state index is 12.8. The summed E-state index contributed by atoms with van der Waals surface area (Å²) in [6.07, 6.45) is 0.442. The van der Waals surface area contributed by atoms with Gasteiger partial charge in [0.15, 0.2) is 0 Å². The van der Waals surface area contributed by atoms with Crippen LogP contribution in [-0.2, 0) is 14.3 Å². The van der Waals surface area contributed by atoms with Crippen LogP contribution in [0.4, 0.5) is 0 Å². The largest absolute Gasteiger partial charge is 0.464 e. The summed E-state index contributed by atoms with van der Waals surface area (Å²) in [5.41, 5.74) is 1.05. The van der Waals surface area contributed by atoms with Crippen molar-refractivity contribution in [1.29, 1.82) is 0 Å². The van der Waals surface area contributed by atoms with Gasteiger partial charge in [0.25, 0.3) is 0 Å². The molecule has 0 spiro atoms. The van der Waals surface area contributed by atoms with Crippen molar-refractivity contribution in [3.63, 3.8) is 0 Å². The quantitative estimate of drug-likeness (QED) is 0.731. The van der Waals surface area contributed by atoms with Gasteiger partial charge in [0.1, 0.15) is 11.4 Å². The second kappa shape index (κ2) is 8.56. The van der Waals surface area contributed by atoms with Crippen molar-refractivity contribution in [2.75, 3.05) is 12.4 Å². The first-order valence-corrected chi connectivity index (χ1v) is 9.59. The van der Waals surface area contributed by atoms with Crippen molar-refractivity contribution in [3.05, 3.63) is 35.9 Å². The summed E-state index contributed by atoms with van der Waals surface area (Å²) < 4.78 is 5.41. The number of nitrogens with zero attached hydrogens (tertiary/aromatic N) is 1. The van der Waals surface area contributed by atoms with Crippen LogP contribution < -0.4 is 0 Å². The molecule has 0 bridgehead atoms. The van der Waals surface area contributed by atoms with E-state index in [1.54, 1.807) is 16.7 Å². The number of carbonyl (C=O) groups is 2. The smallest absolute Gasteiger partial charge is 0.329 e. The lowest BCUT2D eigenvalue weighted by atomic mass is 10.1. The van der Waals surface area contributed by atoms with Gasteiger partial charge < -0.3 is 9.64 Å². The van der Waals surface area contributed by atoms with E-state index in [4.69, 9.17) is 4.74 Å². The molecule has 0 unspecified atom stereocenters. The van der Waals surface area contributed by atoms with E-state index < -0.39 is 6.04 Å². The number of ether oxygens (including phenoxy) is 1. The molecule has 5 heteroatoms. The van der Waals surface area contributed by atoms with Gasteiger partial charge in [-0.25, -0.2) is 4.79 Å². The summed E-state index contributed by atoms with van der Waals surface area (Å²) >= 11 is 1.63. The summed E-state index contributed by atoms with van der Waals surface area (Å²) in [6, 6.07) is 9.41. The first-order chi connectivity index (χ1) is 11.4. The highest BCUT2D eigenvalue weighted by atomic mass is 32.2. The molecule has 24 heavy (non-hydrogen) atoms. The summed E-state index contributed by atoms with van der Waals surface area (Å²) in [7, 11) is 0. The standard InChI is InChI=1S/C19H27NO3S/c1-13(2)10-17(21)20-16(19(22)23-11-14(3)4)12-24-18(20)15-8-6-5-7-9-15/h5-9,13-14,16,18H,10-12H2,1-4H3/t16-,18-/m1/s1. The Morgan fingerprint density at radius 1 is 1.17 bits per heavy atom. The highest BCUT2D eigenvalue weighted by molar-refractivity contribution is 7.99. The zero-order valence-corrected chi connectivity index (χ0v) is 15.7. The Hall–Kier alpha value is -1.49. The highest BCUT2D eigenvalue weighted by Crippen LogP contribution is 2.42. The molecular formula is C19H27NO3S. The topological polar surface area (TPSA) is 46.6 Å². The average Bonchev–Trinajstić information content (AvgIpc) is 2.98. The number of amides is 1. The predicted octanol–water partition coefficient (Wildman–Crippen LogP) is 3.87. The third-order valence-electron chi connectivity index (χ3n) is 3.79. The second-order valence-corrected chi connectivity index (χ2v) is 8.15. The van der Waals surface area contributed by atoms with Gasteiger partial charge in [0, 0.05) is 12.2 Å². The van der Waals surface area contributed by atoms with Gasteiger partial charge in [-0.1, -0.05) is 58.0 Å². The first-order valence-electron chi connectivity index (χ1n) is 8.54. The Kier molecular flexibility index (Phi) is 6.72. The maximum Gasteiger partial charge on any atom is 0.329 e. The molecule has 0 N–H and O–H groups in total. The van der Waals surface area contributed by atoms with Crippen LogP contribution >= 0.6 is 11.8 Å². The lowest BCUT2D eigenvalue weighted by Crippen LogP contribution is -2.44. The van der Waals surface area contributed by atoms with Crippen molar-refractivity contribution in [3.8, 4) is 0 Å². The van der Waals surface area contributed by atoms with Crippen LogP contribution in [0.3, 0.4) is 0 Å². The lowest BCUT2D eigenvalue weighted by Gasteiger charge is -2.29. The van der Waals surface area contributed by atoms with Crippen LogP contribution in [-0.4, -0.2) is 35.2 Å². The van der Waals surface area contributed by atoms with Crippen LogP contribution in [0.1, 0.15) is 45.1 Å². The Morgan fingerprint density at radius 3 is 2.42 bits per heavy atom. The van der Waals surface area contributed by atoms with Crippen LogP contribution in [0.5, 0.6) is 0 Å². The summed E-state index contributed by atoms with van der Waals surface area (Å²) in [5.74, 6) is 0.863.